The predicted octanol–water partition coefficient (Wildman–Crippen LogP) is 2.11. The summed E-state index contributed by atoms with van der Waals surface area (Å²) in [6.45, 7) is 5.33. The molecule has 1 aliphatic rings. The lowest BCUT2D eigenvalue weighted by molar-refractivity contribution is 0.273. The lowest BCUT2D eigenvalue weighted by Gasteiger charge is -2.32. The second kappa shape index (κ2) is 6.82. The molecule has 1 heterocycles. The van der Waals surface area contributed by atoms with Crippen molar-refractivity contribution in [3.05, 3.63) is 35.4 Å². The summed E-state index contributed by atoms with van der Waals surface area (Å²) in [4.78, 5) is 2.45. The van der Waals surface area contributed by atoms with Crippen LogP contribution in [0.1, 0.15) is 24.5 Å². The smallest absolute Gasteiger partial charge is 0.170 e. The molecule has 1 saturated heterocycles. The molecule has 0 amide bonds. The van der Waals surface area contributed by atoms with E-state index >= 15 is 0 Å². The highest BCUT2D eigenvalue weighted by molar-refractivity contribution is 8.00. The minimum Gasteiger partial charge on any atom is -0.409 e. The van der Waals surface area contributed by atoms with Crippen molar-refractivity contribution in [2.24, 2.45) is 10.9 Å². The molecule has 4 nitrogen and oxygen atoms in total. The van der Waals surface area contributed by atoms with Gasteiger partial charge in [-0.1, -0.05) is 36.3 Å². The molecule has 0 aliphatic carbocycles. The van der Waals surface area contributed by atoms with Crippen LogP contribution in [0.25, 0.3) is 0 Å². The molecule has 1 atom stereocenters. The number of amidine groups is 1. The van der Waals surface area contributed by atoms with Gasteiger partial charge < -0.3 is 10.9 Å². The molecular formula is C14H21N3OS. The summed E-state index contributed by atoms with van der Waals surface area (Å²) < 4.78 is 0. The third kappa shape index (κ3) is 3.64. The quantitative estimate of drug-likeness (QED) is 0.383. The molecule has 1 aliphatic heterocycles. The summed E-state index contributed by atoms with van der Waals surface area (Å²) in [6, 6.07) is 7.87. The Morgan fingerprint density at radius 3 is 3.05 bits per heavy atom. The molecule has 104 valence electrons. The van der Waals surface area contributed by atoms with E-state index in [2.05, 4.69) is 34.8 Å². The van der Waals surface area contributed by atoms with E-state index in [-0.39, 0.29) is 5.84 Å². The van der Waals surface area contributed by atoms with Crippen LogP contribution < -0.4 is 5.73 Å². The van der Waals surface area contributed by atoms with E-state index in [1.807, 2.05) is 18.2 Å². The highest BCUT2D eigenvalue weighted by Gasteiger charge is 2.20. The molecule has 5 heteroatoms. The van der Waals surface area contributed by atoms with Crippen LogP contribution in [0.3, 0.4) is 0 Å². The molecule has 3 N–H and O–H groups in total. The van der Waals surface area contributed by atoms with E-state index < -0.39 is 0 Å². The van der Waals surface area contributed by atoms with E-state index in [0.717, 1.165) is 36.0 Å². The molecule has 1 aromatic rings. The van der Waals surface area contributed by atoms with E-state index in [1.165, 1.54) is 12.2 Å². The van der Waals surface area contributed by atoms with Crippen molar-refractivity contribution in [3.8, 4) is 0 Å². The van der Waals surface area contributed by atoms with Crippen LogP contribution in [0.4, 0.5) is 0 Å². The van der Waals surface area contributed by atoms with Gasteiger partial charge in [-0.25, -0.2) is 0 Å². The van der Waals surface area contributed by atoms with Gasteiger partial charge in [0, 0.05) is 36.2 Å². The third-order valence-electron chi connectivity index (χ3n) is 3.47. The first-order valence-electron chi connectivity index (χ1n) is 6.64. The number of nitrogens with two attached hydrogens (primary N) is 1. The summed E-state index contributed by atoms with van der Waals surface area (Å²) in [6.07, 6.45) is 1.21. The molecule has 1 unspecified atom stereocenters. The molecule has 19 heavy (non-hydrogen) atoms. The zero-order chi connectivity index (χ0) is 13.7. The Morgan fingerprint density at radius 1 is 1.53 bits per heavy atom. The van der Waals surface area contributed by atoms with Crippen LogP contribution in [0, 0.1) is 0 Å². The predicted molar refractivity (Wildman–Crippen MR) is 80.8 cm³/mol. The first-order valence-corrected chi connectivity index (χ1v) is 7.69. The maximum Gasteiger partial charge on any atom is 0.170 e. The Bertz CT molecular complexity index is 450. The second-order valence-electron chi connectivity index (χ2n) is 4.78. The average Bonchev–Trinajstić information content (AvgIpc) is 2.47. The third-order valence-corrected chi connectivity index (χ3v) is 4.85. The molecular weight excluding hydrogens is 258 g/mol. The van der Waals surface area contributed by atoms with Gasteiger partial charge in [0.25, 0.3) is 0 Å². The van der Waals surface area contributed by atoms with Crippen molar-refractivity contribution >= 4 is 17.6 Å². The van der Waals surface area contributed by atoms with Gasteiger partial charge in [0.15, 0.2) is 5.84 Å². The summed E-state index contributed by atoms with van der Waals surface area (Å²) in [5, 5.41) is 12.7. The molecule has 2 rings (SSSR count). The van der Waals surface area contributed by atoms with Crippen LogP contribution in [-0.4, -0.2) is 40.0 Å². The highest BCUT2D eigenvalue weighted by atomic mass is 32.2. The number of rotatable bonds is 4. The van der Waals surface area contributed by atoms with Crippen molar-refractivity contribution in [1.29, 1.82) is 0 Å². The highest BCUT2D eigenvalue weighted by Crippen LogP contribution is 2.23. The van der Waals surface area contributed by atoms with E-state index in [0.29, 0.717) is 0 Å². The maximum atomic E-state index is 8.84. The average molecular weight is 279 g/mol. The Kier molecular flexibility index (Phi) is 5.10. The molecule has 1 fully saturated rings. The summed E-state index contributed by atoms with van der Waals surface area (Å²) in [7, 11) is 0. The van der Waals surface area contributed by atoms with Gasteiger partial charge in [0.1, 0.15) is 0 Å². The molecule has 0 bridgehead atoms. The van der Waals surface area contributed by atoms with E-state index in [9.17, 15) is 0 Å². The second-order valence-corrected chi connectivity index (χ2v) is 6.19. The van der Waals surface area contributed by atoms with Crippen molar-refractivity contribution < 1.29 is 5.21 Å². The van der Waals surface area contributed by atoms with Gasteiger partial charge in [-0.3, -0.25) is 4.90 Å². The van der Waals surface area contributed by atoms with E-state index in [4.69, 9.17) is 10.9 Å². The molecule has 0 radical (unpaired) electrons. The van der Waals surface area contributed by atoms with Crippen LogP contribution >= 0.6 is 11.8 Å². The maximum absolute atomic E-state index is 8.84. The Morgan fingerprint density at radius 2 is 2.32 bits per heavy atom. The van der Waals surface area contributed by atoms with Crippen molar-refractivity contribution in [2.45, 2.75) is 25.1 Å². The summed E-state index contributed by atoms with van der Waals surface area (Å²) in [5.74, 6) is 1.37. The molecule has 0 aromatic heterocycles. The minimum atomic E-state index is 0.189. The van der Waals surface area contributed by atoms with Crippen LogP contribution in [-0.2, 0) is 6.54 Å². The molecule has 0 spiro atoms. The van der Waals surface area contributed by atoms with Gasteiger partial charge >= 0.3 is 0 Å². The van der Waals surface area contributed by atoms with Crippen molar-refractivity contribution in [1.82, 2.24) is 4.90 Å². The Hall–Kier alpha value is -1.20. The standard InChI is InChI=1S/C14H21N3OS/c1-2-12-10-17(7-8-19-12)9-11-5-3-4-6-13(11)14(15)16-18/h3-6,12,18H,2,7-10H2,1H3,(H2,15,16). The lowest BCUT2D eigenvalue weighted by atomic mass is 10.1. The van der Waals surface area contributed by atoms with Gasteiger partial charge in [-0.15, -0.1) is 0 Å². The fourth-order valence-electron chi connectivity index (χ4n) is 2.37. The zero-order valence-corrected chi connectivity index (χ0v) is 12.1. The van der Waals surface area contributed by atoms with Gasteiger partial charge in [-0.05, 0) is 12.0 Å². The van der Waals surface area contributed by atoms with Crippen LogP contribution in [0.15, 0.2) is 29.4 Å². The first-order chi connectivity index (χ1) is 9.24. The molecule has 0 saturated carbocycles. The minimum absolute atomic E-state index is 0.189. The SMILES string of the molecule is CCC1CN(Cc2ccccc2/C(N)=N/O)CCS1. The van der Waals surface area contributed by atoms with Crippen LogP contribution in [0.2, 0.25) is 0 Å². The number of oxime groups is 1. The fraction of sp³-hybridized carbons (Fsp3) is 0.500. The zero-order valence-electron chi connectivity index (χ0n) is 11.2. The largest absolute Gasteiger partial charge is 0.409 e. The first kappa shape index (κ1) is 14.2. The number of nitrogens with zero attached hydrogens (tertiary/aromatic N) is 2. The Labute approximate surface area is 118 Å². The topological polar surface area (TPSA) is 61.8 Å². The van der Waals surface area contributed by atoms with Crippen molar-refractivity contribution in [3.63, 3.8) is 0 Å². The van der Waals surface area contributed by atoms with Gasteiger partial charge in [0.2, 0.25) is 0 Å². The number of hydrogen-bond acceptors (Lipinski definition) is 4. The van der Waals surface area contributed by atoms with Crippen molar-refractivity contribution in [2.75, 3.05) is 18.8 Å². The number of thioether (sulfide) groups is 1. The van der Waals surface area contributed by atoms with Gasteiger partial charge in [0.05, 0.1) is 0 Å². The number of hydrogen-bond donors (Lipinski definition) is 2. The van der Waals surface area contributed by atoms with Gasteiger partial charge in [-0.2, -0.15) is 11.8 Å². The van der Waals surface area contributed by atoms with E-state index in [1.54, 1.807) is 0 Å². The lowest BCUT2D eigenvalue weighted by Crippen LogP contribution is -2.37. The fourth-order valence-corrected chi connectivity index (χ4v) is 3.62. The molecule has 1 aromatic carbocycles. The Balaban J connectivity index is 2.10. The summed E-state index contributed by atoms with van der Waals surface area (Å²) >= 11 is 2.06. The summed E-state index contributed by atoms with van der Waals surface area (Å²) in [5.41, 5.74) is 7.69. The normalized spacial score (nSPS) is 21.5. The van der Waals surface area contributed by atoms with Crippen LogP contribution in [0.5, 0.6) is 0 Å². The monoisotopic (exact) mass is 279 g/mol. The number of benzene rings is 1.